The molecule has 0 radical (unpaired) electrons. The molecule has 1 aromatic rings. The van der Waals surface area contributed by atoms with Crippen molar-refractivity contribution < 1.29 is 9.53 Å². The number of hydrogen-bond acceptors (Lipinski definition) is 2. The molecule has 0 aliphatic rings. The molecule has 1 rings (SSSR count). The smallest absolute Gasteiger partial charge is 0.338 e. The van der Waals surface area contributed by atoms with Crippen molar-refractivity contribution in [2.75, 3.05) is 0 Å². The van der Waals surface area contributed by atoms with E-state index in [1.54, 1.807) is 18.2 Å². The first-order chi connectivity index (χ1) is 7.27. The van der Waals surface area contributed by atoms with Gasteiger partial charge in [-0.3, -0.25) is 0 Å². The van der Waals surface area contributed by atoms with Gasteiger partial charge in [0.1, 0.15) is 6.10 Å². The monoisotopic (exact) mass is 204 g/mol. The number of ether oxygens (including phenoxy) is 1. The summed E-state index contributed by atoms with van der Waals surface area (Å²) in [6, 6.07) is 9.00. The van der Waals surface area contributed by atoms with Gasteiger partial charge >= 0.3 is 5.97 Å². The van der Waals surface area contributed by atoms with Crippen molar-refractivity contribution in [3.05, 3.63) is 48.6 Å². The third-order valence-electron chi connectivity index (χ3n) is 2.10. The van der Waals surface area contributed by atoms with E-state index in [9.17, 15) is 4.79 Å². The topological polar surface area (TPSA) is 26.3 Å². The molecule has 0 amide bonds. The number of rotatable bonds is 5. The number of benzene rings is 1. The average Bonchev–Trinajstić information content (AvgIpc) is 2.29. The van der Waals surface area contributed by atoms with Gasteiger partial charge in [-0.15, -0.1) is 0 Å². The summed E-state index contributed by atoms with van der Waals surface area (Å²) in [5.41, 5.74) is 0.584. The molecule has 0 bridgehead atoms. The van der Waals surface area contributed by atoms with E-state index in [4.69, 9.17) is 4.74 Å². The Hall–Kier alpha value is -1.57. The zero-order chi connectivity index (χ0) is 11.1. The predicted octanol–water partition coefficient (Wildman–Crippen LogP) is 3.20. The lowest BCUT2D eigenvalue weighted by Crippen LogP contribution is -2.15. The van der Waals surface area contributed by atoms with Crippen molar-refractivity contribution in [2.45, 2.75) is 25.9 Å². The minimum Gasteiger partial charge on any atom is -0.455 e. The Morgan fingerprint density at radius 1 is 1.47 bits per heavy atom. The van der Waals surface area contributed by atoms with Crippen molar-refractivity contribution in [3.8, 4) is 0 Å². The van der Waals surface area contributed by atoms with Gasteiger partial charge in [-0.1, -0.05) is 44.2 Å². The van der Waals surface area contributed by atoms with Crippen LogP contribution in [0.5, 0.6) is 0 Å². The lowest BCUT2D eigenvalue weighted by atomic mass is 10.2. The molecule has 0 spiro atoms. The summed E-state index contributed by atoms with van der Waals surface area (Å²) in [4.78, 5) is 11.6. The minimum atomic E-state index is -0.283. The van der Waals surface area contributed by atoms with E-state index in [0.29, 0.717) is 5.56 Å². The molecular formula is C13H16O2. The summed E-state index contributed by atoms with van der Waals surface area (Å²) in [7, 11) is 0. The molecule has 1 atom stereocenters. The van der Waals surface area contributed by atoms with Crippen LogP contribution in [0.15, 0.2) is 43.0 Å². The summed E-state index contributed by atoms with van der Waals surface area (Å²) in [6.45, 7) is 5.70. The molecule has 0 heterocycles. The van der Waals surface area contributed by atoms with E-state index in [0.717, 1.165) is 12.8 Å². The van der Waals surface area contributed by atoms with Crippen LogP contribution in [0, 0.1) is 0 Å². The Balaban J connectivity index is 2.58. The molecule has 0 saturated carbocycles. The fraction of sp³-hybridized carbons (Fsp3) is 0.308. The highest BCUT2D eigenvalue weighted by Crippen LogP contribution is 2.08. The summed E-state index contributed by atoms with van der Waals surface area (Å²) in [5.74, 6) is -0.283. The third kappa shape index (κ3) is 3.58. The van der Waals surface area contributed by atoms with Crippen molar-refractivity contribution in [2.24, 2.45) is 0 Å². The van der Waals surface area contributed by atoms with E-state index >= 15 is 0 Å². The maximum absolute atomic E-state index is 11.6. The first-order valence-corrected chi connectivity index (χ1v) is 5.16. The van der Waals surface area contributed by atoms with Gasteiger partial charge < -0.3 is 4.74 Å². The van der Waals surface area contributed by atoms with E-state index < -0.39 is 0 Å². The van der Waals surface area contributed by atoms with Crippen LogP contribution in [-0.4, -0.2) is 12.1 Å². The van der Waals surface area contributed by atoms with Gasteiger partial charge in [-0.05, 0) is 18.6 Å². The van der Waals surface area contributed by atoms with Crippen LogP contribution in [0.3, 0.4) is 0 Å². The summed E-state index contributed by atoms with van der Waals surface area (Å²) in [6.07, 6.45) is 3.29. The van der Waals surface area contributed by atoms with Gasteiger partial charge in [0.25, 0.3) is 0 Å². The number of esters is 1. The van der Waals surface area contributed by atoms with Crippen LogP contribution >= 0.6 is 0 Å². The van der Waals surface area contributed by atoms with Gasteiger partial charge in [0.05, 0.1) is 5.56 Å². The number of carbonyl (C=O) groups excluding carboxylic acids is 1. The third-order valence-corrected chi connectivity index (χ3v) is 2.10. The standard InChI is InChI=1S/C13H16O2/c1-3-8-12(4-2)15-13(14)11-9-6-5-7-10-11/h4-7,9-10,12H,2-3,8H2,1H3/t12-/m1/s1. The van der Waals surface area contributed by atoms with E-state index in [1.165, 1.54) is 0 Å². The lowest BCUT2D eigenvalue weighted by molar-refractivity contribution is 0.0380. The van der Waals surface area contributed by atoms with Gasteiger partial charge in [0, 0.05) is 0 Å². The maximum Gasteiger partial charge on any atom is 0.338 e. The quantitative estimate of drug-likeness (QED) is 0.544. The van der Waals surface area contributed by atoms with E-state index in [-0.39, 0.29) is 12.1 Å². The summed E-state index contributed by atoms with van der Waals surface area (Å²) >= 11 is 0. The normalized spacial score (nSPS) is 11.8. The van der Waals surface area contributed by atoms with Crippen molar-refractivity contribution in [1.82, 2.24) is 0 Å². The fourth-order valence-corrected chi connectivity index (χ4v) is 1.29. The van der Waals surface area contributed by atoms with E-state index in [2.05, 4.69) is 6.58 Å². The van der Waals surface area contributed by atoms with Crippen molar-refractivity contribution in [1.29, 1.82) is 0 Å². The molecule has 0 saturated heterocycles. The molecule has 15 heavy (non-hydrogen) atoms. The number of carbonyl (C=O) groups is 1. The molecule has 0 fully saturated rings. The Labute approximate surface area is 90.6 Å². The van der Waals surface area contributed by atoms with Gasteiger partial charge in [-0.2, -0.15) is 0 Å². The van der Waals surface area contributed by atoms with Crippen molar-refractivity contribution >= 4 is 5.97 Å². The Kier molecular flexibility index (Phi) is 4.61. The first-order valence-electron chi connectivity index (χ1n) is 5.16. The highest BCUT2D eigenvalue weighted by Gasteiger charge is 2.11. The molecule has 0 aliphatic heterocycles. The average molecular weight is 204 g/mol. The molecular weight excluding hydrogens is 188 g/mol. The highest BCUT2D eigenvalue weighted by molar-refractivity contribution is 5.89. The minimum absolute atomic E-state index is 0.178. The van der Waals surface area contributed by atoms with Gasteiger partial charge in [-0.25, -0.2) is 4.79 Å². The molecule has 2 nitrogen and oxygen atoms in total. The molecule has 0 aliphatic carbocycles. The first kappa shape index (κ1) is 11.5. The van der Waals surface area contributed by atoms with Crippen LogP contribution in [0.4, 0.5) is 0 Å². The summed E-state index contributed by atoms with van der Waals surface area (Å²) < 4.78 is 5.27. The van der Waals surface area contributed by atoms with Crippen LogP contribution in [0.25, 0.3) is 0 Å². The molecule has 0 aromatic heterocycles. The molecule has 0 N–H and O–H groups in total. The Morgan fingerprint density at radius 3 is 2.67 bits per heavy atom. The molecule has 2 heteroatoms. The van der Waals surface area contributed by atoms with Gasteiger partial charge in [0.2, 0.25) is 0 Å². The van der Waals surface area contributed by atoms with E-state index in [1.807, 2.05) is 25.1 Å². The molecule has 0 unspecified atom stereocenters. The predicted molar refractivity (Wildman–Crippen MR) is 60.8 cm³/mol. The summed E-state index contributed by atoms with van der Waals surface area (Å²) in [5, 5.41) is 0. The van der Waals surface area contributed by atoms with Crippen LogP contribution in [0.2, 0.25) is 0 Å². The second-order valence-electron chi connectivity index (χ2n) is 3.33. The highest BCUT2D eigenvalue weighted by atomic mass is 16.5. The van der Waals surface area contributed by atoms with Crippen LogP contribution < -0.4 is 0 Å². The maximum atomic E-state index is 11.6. The number of hydrogen-bond donors (Lipinski definition) is 0. The van der Waals surface area contributed by atoms with Crippen LogP contribution in [-0.2, 0) is 4.74 Å². The second-order valence-corrected chi connectivity index (χ2v) is 3.33. The fourth-order valence-electron chi connectivity index (χ4n) is 1.29. The van der Waals surface area contributed by atoms with Crippen molar-refractivity contribution in [3.63, 3.8) is 0 Å². The van der Waals surface area contributed by atoms with Gasteiger partial charge in [0.15, 0.2) is 0 Å². The second kappa shape index (κ2) is 6.02. The van der Waals surface area contributed by atoms with Crippen LogP contribution in [0.1, 0.15) is 30.1 Å². The lowest BCUT2D eigenvalue weighted by Gasteiger charge is -2.12. The Morgan fingerprint density at radius 2 is 2.13 bits per heavy atom. The zero-order valence-corrected chi connectivity index (χ0v) is 8.98. The zero-order valence-electron chi connectivity index (χ0n) is 8.98. The molecule has 80 valence electrons. The Bertz CT molecular complexity index is 317. The molecule has 1 aromatic carbocycles. The SMILES string of the molecule is C=C[C@H](CCC)OC(=O)c1ccccc1. The largest absolute Gasteiger partial charge is 0.455 e.